The largest absolute Gasteiger partial charge is 0.494 e. The minimum atomic E-state index is -4.40. The topological polar surface area (TPSA) is 53.1 Å². The number of rotatable bonds is 4. The number of nitrogen functional groups attached to an aromatic ring is 1. The number of alkyl halides is 3. The zero-order valence-corrected chi connectivity index (χ0v) is 16.6. The van der Waals surface area contributed by atoms with Crippen molar-refractivity contribution < 1.29 is 22.3 Å². The van der Waals surface area contributed by atoms with Gasteiger partial charge < -0.3 is 15.0 Å². The number of aryl methyl sites for hydroxylation is 1. The van der Waals surface area contributed by atoms with Crippen LogP contribution in [-0.2, 0) is 31.5 Å². The standard InChI is InChI=1S/C22H21F4N3O/c1-29-12-18(28-20(29)27)21(11-13-3-5-14(6-4-13)22(24,25)26)10-9-15-16(21)7-8-17(30-2)19(15)23/h3-8,12H,9-11H2,1-2H3,(H2,27,28). The van der Waals surface area contributed by atoms with E-state index in [0.717, 1.165) is 17.7 Å². The van der Waals surface area contributed by atoms with Crippen molar-refractivity contribution in [1.29, 1.82) is 0 Å². The Kier molecular flexibility index (Phi) is 4.75. The second-order valence-corrected chi connectivity index (χ2v) is 7.66. The Labute approximate surface area is 171 Å². The molecule has 1 aliphatic rings. The summed E-state index contributed by atoms with van der Waals surface area (Å²) in [6.07, 6.45) is -1.19. The highest BCUT2D eigenvalue weighted by Crippen LogP contribution is 2.48. The molecule has 4 nitrogen and oxygen atoms in total. The number of hydrogen-bond acceptors (Lipinski definition) is 3. The number of anilines is 1. The molecule has 2 aromatic carbocycles. The Morgan fingerprint density at radius 3 is 2.43 bits per heavy atom. The van der Waals surface area contributed by atoms with E-state index in [2.05, 4.69) is 4.98 Å². The van der Waals surface area contributed by atoms with Crippen LogP contribution in [0.1, 0.15) is 34.4 Å². The molecule has 1 aromatic heterocycles. The minimum Gasteiger partial charge on any atom is -0.494 e. The van der Waals surface area contributed by atoms with Gasteiger partial charge in [0, 0.05) is 18.7 Å². The van der Waals surface area contributed by atoms with Gasteiger partial charge >= 0.3 is 6.18 Å². The van der Waals surface area contributed by atoms with Crippen LogP contribution >= 0.6 is 0 Å². The van der Waals surface area contributed by atoms with Crippen molar-refractivity contribution in [2.45, 2.75) is 30.9 Å². The summed E-state index contributed by atoms with van der Waals surface area (Å²) in [5, 5.41) is 0. The van der Waals surface area contributed by atoms with Crippen LogP contribution in [0, 0.1) is 5.82 Å². The predicted octanol–water partition coefficient (Wildman–Crippen LogP) is 4.64. The first-order valence-corrected chi connectivity index (χ1v) is 9.47. The molecule has 158 valence electrons. The van der Waals surface area contributed by atoms with Crippen LogP contribution in [0.2, 0.25) is 0 Å². The van der Waals surface area contributed by atoms with Crippen LogP contribution in [0.15, 0.2) is 42.6 Å². The van der Waals surface area contributed by atoms with Gasteiger partial charge in [0.1, 0.15) is 0 Å². The van der Waals surface area contributed by atoms with Gasteiger partial charge in [0.05, 0.1) is 18.4 Å². The lowest BCUT2D eigenvalue weighted by molar-refractivity contribution is -0.137. The number of halogens is 4. The lowest BCUT2D eigenvalue weighted by Crippen LogP contribution is -2.28. The van der Waals surface area contributed by atoms with Crippen molar-refractivity contribution in [3.63, 3.8) is 0 Å². The number of ether oxygens (including phenoxy) is 1. The normalized spacial score (nSPS) is 18.5. The number of nitrogens with two attached hydrogens (primary N) is 1. The Morgan fingerprint density at radius 2 is 1.87 bits per heavy atom. The summed E-state index contributed by atoms with van der Waals surface area (Å²) in [5.74, 6) is 0.0760. The molecule has 1 heterocycles. The molecule has 0 saturated heterocycles. The van der Waals surface area contributed by atoms with Crippen molar-refractivity contribution in [3.8, 4) is 5.75 Å². The van der Waals surface area contributed by atoms with Crippen LogP contribution < -0.4 is 10.5 Å². The number of benzene rings is 2. The molecule has 0 aliphatic heterocycles. The highest BCUT2D eigenvalue weighted by Gasteiger charge is 2.44. The minimum absolute atomic E-state index is 0.166. The first-order chi connectivity index (χ1) is 14.2. The van der Waals surface area contributed by atoms with Crippen molar-refractivity contribution in [2.24, 2.45) is 7.05 Å². The molecule has 0 bridgehead atoms. The van der Waals surface area contributed by atoms with Gasteiger partial charge in [-0.25, -0.2) is 9.37 Å². The third kappa shape index (κ3) is 3.20. The van der Waals surface area contributed by atoms with Gasteiger partial charge in [-0.15, -0.1) is 0 Å². The van der Waals surface area contributed by atoms with Crippen molar-refractivity contribution in [3.05, 3.63) is 76.4 Å². The summed E-state index contributed by atoms with van der Waals surface area (Å²) in [6.45, 7) is 0. The molecule has 1 aliphatic carbocycles. The summed E-state index contributed by atoms with van der Waals surface area (Å²) >= 11 is 0. The summed E-state index contributed by atoms with van der Waals surface area (Å²) in [6, 6.07) is 8.47. The van der Waals surface area contributed by atoms with E-state index < -0.39 is 23.0 Å². The fourth-order valence-corrected chi connectivity index (χ4v) is 4.33. The maximum absolute atomic E-state index is 14.9. The molecular weight excluding hydrogens is 398 g/mol. The number of fused-ring (bicyclic) bond motifs is 1. The molecule has 4 rings (SSSR count). The summed E-state index contributed by atoms with van der Waals surface area (Å²) in [4.78, 5) is 4.50. The maximum Gasteiger partial charge on any atom is 0.416 e. The van der Waals surface area contributed by atoms with Gasteiger partial charge in [-0.3, -0.25) is 0 Å². The van der Waals surface area contributed by atoms with Crippen LogP contribution in [0.3, 0.4) is 0 Å². The van der Waals surface area contributed by atoms with E-state index in [9.17, 15) is 17.6 Å². The molecule has 0 spiro atoms. The van der Waals surface area contributed by atoms with Crippen LogP contribution in [0.25, 0.3) is 0 Å². The van der Waals surface area contributed by atoms with Gasteiger partial charge in [-0.1, -0.05) is 18.2 Å². The number of hydrogen-bond donors (Lipinski definition) is 1. The maximum atomic E-state index is 14.9. The quantitative estimate of drug-likeness (QED) is 0.627. The van der Waals surface area contributed by atoms with Crippen molar-refractivity contribution in [2.75, 3.05) is 12.8 Å². The molecule has 0 fully saturated rings. The molecule has 30 heavy (non-hydrogen) atoms. The lowest BCUT2D eigenvalue weighted by atomic mass is 9.74. The molecular formula is C22H21F4N3O. The predicted molar refractivity (Wildman–Crippen MR) is 105 cm³/mol. The van der Waals surface area contributed by atoms with Crippen LogP contribution in [0.5, 0.6) is 5.75 Å². The summed E-state index contributed by atoms with van der Waals surface area (Å²) in [7, 11) is 3.18. The molecule has 2 N–H and O–H groups in total. The third-order valence-electron chi connectivity index (χ3n) is 5.93. The van der Waals surface area contributed by atoms with Gasteiger partial charge in [-0.2, -0.15) is 13.2 Å². The fourth-order valence-electron chi connectivity index (χ4n) is 4.33. The first-order valence-electron chi connectivity index (χ1n) is 9.47. The van der Waals surface area contributed by atoms with Crippen LogP contribution in [-0.4, -0.2) is 16.7 Å². The second-order valence-electron chi connectivity index (χ2n) is 7.66. The van der Waals surface area contributed by atoms with Crippen molar-refractivity contribution in [1.82, 2.24) is 9.55 Å². The number of methoxy groups -OCH3 is 1. The van der Waals surface area contributed by atoms with E-state index in [1.54, 1.807) is 23.9 Å². The fraction of sp³-hybridized carbons (Fsp3) is 0.318. The Bertz CT molecular complexity index is 1070. The number of aromatic nitrogens is 2. The smallest absolute Gasteiger partial charge is 0.416 e. The third-order valence-corrected chi connectivity index (χ3v) is 5.93. The number of imidazole rings is 1. The SMILES string of the molecule is COc1ccc2c(c1F)CCC2(Cc1ccc(C(F)(F)F)cc1)c1cn(C)c(N)n1. The zero-order chi connectivity index (χ0) is 21.7. The molecule has 0 amide bonds. The lowest BCUT2D eigenvalue weighted by Gasteiger charge is -2.29. The highest BCUT2D eigenvalue weighted by atomic mass is 19.4. The van der Waals surface area contributed by atoms with Gasteiger partial charge in [0.15, 0.2) is 17.5 Å². The molecule has 8 heteroatoms. The Morgan fingerprint density at radius 1 is 1.17 bits per heavy atom. The molecule has 3 aromatic rings. The molecule has 1 atom stereocenters. The van der Waals surface area contributed by atoms with E-state index in [0.29, 0.717) is 42.0 Å². The summed E-state index contributed by atoms with van der Waals surface area (Å²) in [5.41, 5.74) is 7.24. The monoisotopic (exact) mass is 419 g/mol. The molecule has 1 unspecified atom stereocenters. The van der Waals surface area contributed by atoms with Gasteiger partial charge in [-0.05, 0) is 54.2 Å². The van der Waals surface area contributed by atoms with Gasteiger partial charge in [0.2, 0.25) is 0 Å². The van der Waals surface area contributed by atoms with E-state index in [-0.39, 0.29) is 5.75 Å². The highest BCUT2D eigenvalue weighted by molar-refractivity contribution is 5.52. The first kappa shape index (κ1) is 20.3. The number of nitrogens with zero attached hydrogens (tertiary/aromatic N) is 2. The van der Waals surface area contributed by atoms with E-state index in [1.165, 1.54) is 19.2 Å². The van der Waals surface area contributed by atoms with Crippen molar-refractivity contribution >= 4 is 5.95 Å². The average Bonchev–Trinajstić information content (AvgIpc) is 3.24. The van der Waals surface area contributed by atoms with Crippen LogP contribution in [0.4, 0.5) is 23.5 Å². The summed E-state index contributed by atoms with van der Waals surface area (Å²) < 4.78 is 60.6. The van der Waals surface area contributed by atoms with E-state index in [4.69, 9.17) is 10.5 Å². The van der Waals surface area contributed by atoms with E-state index >= 15 is 0 Å². The van der Waals surface area contributed by atoms with Gasteiger partial charge in [0.25, 0.3) is 0 Å². The average molecular weight is 419 g/mol. The Balaban J connectivity index is 1.83. The second kappa shape index (κ2) is 7.04. The molecule has 0 radical (unpaired) electrons. The molecule has 0 saturated carbocycles. The zero-order valence-electron chi connectivity index (χ0n) is 16.6. The van der Waals surface area contributed by atoms with E-state index in [1.807, 2.05) is 6.07 Å². The Hall–Kier alpha value is -3.03.